The van der Waals surface area contributed by atoms with Crippen LogP contribution in [0.5, 0.6) is 11.5 Å². The number of piperidine rings is 1. The molecule has 0 spiro atoms. The first kappa shape index (κ1) is 22.1. The molecule has 166 valence electrons. The van der Waals surface area contributed by atoms with Crippen molar-refractivity contribution in [2.45, 2.75) is 44.4 Å². The van der Waals surface area contributed by atoms with Gasteiger partial charge in [0, 0.05) is 12.1 Å². The van der Waals surface area contributed by atoms with E-state index >= 15 is 0 Å². The molecule has 32 heavy (non-hydrogen) atoms. The van der Waals surface area contributed by atoms with Crippen molar-refractivity contribution in [3.8, 4) is 11.5 Å². The molecule has 0 unspecified atom stereocenters. The molecule has 4 heteroatoms. The van der Waals surface area contributed by atoms with Crippen LogP contribution in [0.3, 0.4) is 0 Å². The van der Waals surface area contributed by atoms with E-state index in [1.807, 2.05) is 54.6 Å². The van der Waals surface area contributed by atoms with Gasteiger partial charge in [-0.05, 0) is 92.6 Å². The smallest absolute Gasteiger partial charge is 0.224 e. The van der Waals surface area contributed by atoms with Gasteiger partial charge in [-0.2, -0.15) is 0 Å². The summed E-state index contributed by atoms with van der Waals surface area (Å²) in [5.74, 6) is 2.40. The highest BCUT2D eigenvalue weighted by molar-refractivity contribution is 5.90. The minimum Gasteiger partial charge on any atom is -0.457 e. The number of unbranched alkanes of at least 4 members (excludes halogenated alkanes) is 1. The van der Waals surface area contributed by atoms with Gasteiger partial charge in [-0.15, -0.1) is 0 Å². The Labute approximate surface area is 191 Å². The van der Waals surface area contributed by atoms with Crippen molar-refractivity contribution < 1.29 is 9.53 Å². The van der Waals surface area contributed by atoms with E-state index in [2.05, 4.69) is 34.9 Å². The lowest BCUT2D eigenvalue weighted by atomic mass is 9.90. The Bertz CT molecular complexity index is 997. The van der Waals surface area contributed by atoms with Gasteiger partial charge in [-0.1, -0.05) is 48.5 Å². The third kappa shape index (κ3) is 6.44. The van der Waals surface area contributed by atoms with E-state index in [0.29, 0.717) is 12.3 Å². The van der Waals surface area contributed by atoms with Gasteiger partial charge in [0.05, 0.1) is 0 Å². The summed E-state index contributed by atoms with van der Waals surface area (Å²) in [5.41, 5.74) is 3.42. The minimum absolute atomic E-state index is 0.0845. The summed E-state index contributed by atoms with van der Waals surface area (Å²) in [6.07, 6.45) is 5.53. The zero-order valence-corrected chi connectivity index (χ0v) is 18.6. The zero-order chi connectivity index (χ0) is 22.0. The van der Waals surface area contributed by atoms with Gasteiger partial charge in [0.25, 0.3) is 0 Å². The number of nitrogens with one attached hydrogen (secondary N) is 2. The topological polar surface area (TPSA) is 50.4 Å². The summed E-state index contributed by atoms with van der Waals surface area (Å²) in [6, 6.07) is 26.3. The molecule has 1 amide bonds. The number of carbonyl (C=O) groups is 1. The van der Waals surface area contributed by atoms with Crippen LogP contribution in [-0.2, 0) is 11.2 Å². The number of ether oxygens (including phenoxy) is 1. The molecule has 1 aliphatic rings. The molecule has 1 fully saturated rings. The number of rotatable bonds is 9. The first-order chi connectivity index (χ1) is 15.8. The number of carbonyl (C=O) groups excluding carboxylic acids is 1. The number of anilines is 1. The number of para-hydroxylation sites is 2. The number of aryl methyl sites for hydroxylation is 1. The SMILES string of the molecule is O=C(CCCCc1ccccc1Oc1ccccc1)Nc1cccc(C2CCNCC2)c1. The van der Waals surface area contributed by atoms with Crippen molar-refractivity contribution in [3.63, 3.8) is 0 Å². The van der Waals surface area contributed by atoms with E-state index in [9.17, 15) is 4.79 Å². The van der Waals surface area contributed by atoms with E-state index in [1.165, 1.54) is 11.1 Å². The lowest BCUT2D eigenvalue weighted by Gasteiger charge is -2.23. The number of hydrogen-bond donors (Lipinski definition) is 2. The Morgan fingerprint density at radius 2 is 1.69 bits per heavy atom. The van der Waals surface area contributed by atoms with Crippen molar-refractivity contribution in [1.82, 2.24) is 5.32 Å². The van der Waals surface area contributed by atoms with Crippen molar-refractivity contribution in [2.75, 3.05) is 18.4 Å². The van der Waals surface area contributed by atoms with Gasteiger partial charge in [-0.3, -0.25) is 4.79 Å². The predicted octanol–water partition coefficient (Wildman–Crippen LogP) is 6.30. The van der Waals surface area contributed by atoms with Crippen LogP contribution < -0.4 is 15.4 Å². The Kier molecular flexibility index (Phi) is 7.94. The zero-order valence-electron chi connectivity index (χ0n) is 18.6. The predicted molar refractivity (Wildman–Crippen MR) is 130 cm³/mol. The highest BCUT2D eigenvalue weighted by atomic mass is 16.5. The van der Waals surface area contributed by atoms with Crippen molar-refractivity contribution >= 4 is 11.6 Å². The van der Waals surface area contributed by atoms with Crippen LogP contribution in [0.4, 0.5) is 5.69 Å². The monoisotopic (exact) mass is 428 g/mol. The maximum atomic E-state index is 12.5. The molecule has 0 aromatic heterocycles. The molecule has 3 aromatic carbocycles. The van der Waals surface area contributed by atoms with E-state index in [4.69, 9.17) is 4.74 Å². The van der Waals surface area contributed by atoms with Crippen LogP contribution in [0.1, 0.15) is 49.1 Å². The molecular weight excluding hydrogens is 396 g/mol. The van der Waals surface area contributed by atoms with Crippen LogP contribution >= 0.6 is 0 Å². The molecule has 2 N–H and O–H groups in total. The van der Waals surface area contributed by atoms with Gasteiger partial charge in [0.1, 0.15) is 11.5 Å². The first-order valence-electron chi connectivity index (χ1n) is 11.7. The molecule has 0 radical (unpaired) electrons. The molecule has 1 heterocycles. The van der Waals surface area contributed by atoms with Crippen molar-refractivity contribution in [3.05, 3.63) is 90.0 Å². The lowest BCUT2D eigenvalue weighted by Crippen LogP contribution is -2.26. The molecular formula is C28H32N2O2. The average molecular weight is 429 g/mol. The molecule has 4 rings (SSSR count). The van der Waals surface area contributed by atoms with E-state index < -0.39 is 0 Å². The minimum atomic E-state index is 0.0845. The fraction of sp³-hybridized carbons (Fsp3) is 0.321. The first-order valence-corrected chi connectivity index (χ1v) is 11.7. The Morgan fingerprint density at radius 1 is 0.906 bits per heavy atom. The van der Waals surface area contributed by atoms with Crippen LogP contribution in [0.15, 0.2) is 78.9 Å². The lowest BCUT2D eigenvalue weighted by molar-refractivity contribution is -0.116. The summed E-state index contributed by atoms with van der Waals surface area (Å²) in [5, 5.41) is 6.49. The van der Waals surface area contributed by atoms with Crippen LogP contribution in [-0.4, -0.2) is 19.0 Å². The number of amides is 1. The number of hydrogen-bond acceptors (Lipinski definition) is 3. The van der Waals surface area contributed by atoms with E-state index in [1.54, 1.807) is 0 Å². The largest absolute Gasteiger partial charge is 0.457 e. The van der Waals surface area contributed by atoms with Crippen molar-refractivity contribution in [2.24, 2.45) is 0 Å². The summed E-state index contributed by atoms with van der Waals surface area (Å²) in [7, 11) is 0. The van der Waals surface area contributed by atoms with Gasteiger partial charge < -0.3 is 15.4 Å². The normalized spacial score (nSPS) is 14.1. The van der Waals surface area contributed by atoms with Crippen LogP contribution in [0, 0.1) is 0 Å². The van der Waals surface area contributed by atoms with E-state index in [0.717, 1.165) is 62.4 Å². The molecule has 0 aliphatic carbocycles. The van der Waals surface area contributed by atoms with Crippen molar-refractivity contribution in [1.29, 1.82) is 0 Å². The second-order valence-corrected chi connectivity index (χ2v) is 8.43. The third-order valence-electron chi connectivity index (χ3n) is 6.02. The van der Waals surface area contributed by atoms with Crippen LogP contribution in [0.2, 0.25) is 0 Å². The van der Waals surface area contributed by atoms with E-state index in [-0.39, 0.29) is 5.91 Å². The fourth-order valence-corrected chi connectivity index (χ4v) is 4.28. The molecule has 1 aliphatic heterocycles. The Morgan fingerprint density at radius 3 is 2.53 bits per heavy atom. The van der Waals surface area contributed by atoms with Gasteiger partial charge >= 0.3 is 0 Å². The standard InChI is InChI=1S/C28H32N2O2/c31-28(30-25-12-8-11-24(21-25)22-17-19-29-20-18-22)16-7-5-10-23-9-4-6-15-27(23)32-26-13-2-1-3-14-26/h1-4,6,8-9,11-15,21-22,29H,5,7,10,16-20H2,(H,30,31). The maximum Gasteiger partial charge on any atom is 0.224 e. The summed E-state index contributed by atoms with van der Waals surface area (Å²) in [6.45, 7) is 2.14. The molecule has 0 saturated carbocycles. The molecule has 0 bridgehead atoms. The fourth-order valence-electron chi connectivity index (χ4n) is 4.28. The Balaban J connectivity index is 1.24. The number of benzene rings is 3. The highest BCUT2D eigenvalue weighted by Crippen LogP contribution is 2.28. The maximum absolute atomic E-state index is 12.5. The third-order valence-corrected chi connectivity index (χ3v) is 6.02. The quantitative estimate of drug-likeness (QED) is 0.393. The molecule has 0 atom stereocenters. The van der Waals surface area contributed by atoms with Gasteiger partial charge in [0.15, 0.2) is 0 Å². The Hall–Kier alpha value is -3.11. The molecule has 1 saturated heterocycles. The second-order valence-electron chi connectivity index (χ2n) is 8.43. The molecule has 3 aromatic rings. The van der Waals surface area contributed by atoms with Gasteiger partial charge in [0.2, 0.25) is 5.91 Å². The van der Waals surface area contributed by atoms with Gasteiger partial charge in [-0.25, -0.2) is 0 Å². The summed E-state index contributed by atoms with van der Waals surface area (Å²) in [4.78, 5) is 12.5. The summed E-state index contributed by atoms with van der Waals surface area (Å²) >= 11 is 0. The van der Waals surface area contributed by atoms with Crippen LogP contribution in [0.25, 0.3) is 0 Å². The summed E-state index contributed by atoms with van der Waals surface area (Å²) < 4.78 is 6.04. The highest BCUT2D eigenvalue weighted by Gasteiger charge is 2.15. The second kappa shape index (κ2) is 11.5. The molecule has 4 nitrogen and oxygen atoms in total. The average Bonchev–Trinajstić information content (AvgIpc) is 2.84.